The Bertz CT molecular complexity index is 662. The maximum Gasteiger partial charge on any atom is 0.254 e. The Morgan fingerprint density at radius 3 is 2.48 bits per heavy atom. The molecule has 7 heteroatoms. The quantitative estimate of drug-likeness (QED) is 0.852. The summed E-state index contributed by atoms with van der Waals surface area (Å²) in [7, 11) is 1.61. The molecule has 1 aromatic rings. The number of carbonyl (C=O) groups excluding carboxylic acids is 2. The van der Waals surface area contributed by atoms with E-state index in [4.69, 9.17) is 15.2 Å². The van der Waals surface area contributed by atoms with E-state index in [1.165, 1.54) is 0 Å². The van der Waals surface area contributed by atoms with E-state index < -0.39 is 5.54 Å². The van der Waals surface area contributed by atoms with E-state index in [1.807, 2.05) is 17.9 Å². The number of ether oxygens (including phenoxy) is 2. The van der Waals surface area contributed by atoms with Crippen molar-refractivity contribution < 1.29 is 19.1 Å². The van der Waals surface area contributed by atoms with Crippen molar-refractivity contribution in [3.05, 3.63) is 29.3 Å². The zero-order valence-corrected chi connectivity index (χ0v) is 14.8. The van der Waals surface area contributed by atoms with Gasteiger partial charge in [-0.25, -0.2) is 0 Å². The van der Waals surface area contributed by atoms with Gasteiger partial charge in [0, 0.05) is 44.8 Å². The highest BCUT2D eigenvalue weighted by atomic mass is 16.5. The molecule has 0 aliphatic carbocycles. The highest BCUT2D eigenvalue weighted by molar-refractivity contribution is 5.96. The van der Waals surface area contributed by atoms with Crippen molar-refractivity contribution in [2.75, 3.05) is 46.5 Å². The highest BCUT2D eigenvalue weighted by Gasteiger charge is 2.47. The lowest BCUT2D eigenvalue weighted by Crippen LogP contribution is -2.63. The summed E-state index contributed by atoms with van der Waals surface area (Å²) < 4.78 is 10.6. The second-order valence-corrected chi connectivity index (χ2v) is 6.66. The lowest BCUT2D eigenvalue weighted by molar-refractivity contribution is -0.131. The van der Waals surface area contributed by atoms with Crippen molar-refractivity contribution in [2.45, 2.75) is 18.9 Å². The molecule has 2 N–H and O–H groups in total. The van der Waals surface area contributed by atoms with E-state index in [2.05, 4.69) is 4.90 Å². The molecule has 2 aliphatic heterocycles. The summed E-state index contributed by atoms with van der Waals surface area (Å²) in [4.78, 5) is 28.7. The monoisotopic (exact) mass is 347 g/mol. The van der Waals surface area contributed by atoms with Crippen LogP contribution in [0.3, 0.4) is 0 Å². The van der Waals surface area contributed by atoms with Crippen molar-refractivity contribution in [3.8, 4) is 5.75 Å². The third-order valence-electron chi connectivity index (χ3n) is 5.30. The summed E-state index contributed by atoms with van der Waals surface area (Å²) in [6, 6.07) is 5.47. The topological polar surface area (TPSA) is 85.1 Å². The van der Waals surface area contributed by atoms with Gasteiger partial charge in [-0.05, 0) is 30.7 Å². The standard InChI is InChI=1S/C18H25N3O4/c1-13-11-14(24-2)3-4-15(13)16(22)20-6-8-21(9-7-20)18(17(19)23)5-10-25-12-18/h3-4,11H,5-10,12H2,1-2H3,(H2,19,23). The van der Waals surface area contributed by atoms with Crippen LogP contribution in [-0.4, -0.2) is 73.7 Å². The molecule has 3 rings (SSSR count). The van der Waals surface area contributed by atoms with Crippen LogP contribution in [0.2, 0.25) is 0 Å². The molecule has 2 amide bonds. The van der Waals surface area contributed by atoms with Crippen LogP contribution >= 0.6 is 0 Å². The van der Waals surface area contributed by atoms with E-state index in [0.29, 0.717) is 51.4 Å². The Morgan fingerprint density at radius 2 is 1.96 bits per heavy atom. The Morgan fingerprint density at radius 1 is 1.24 bits per heavy atom. The number of nitrogens with zero attached hydrogens (tertiary/aromatic N) is 2. The van der Waals surface area contributed by atoms with Crippen LogP contribution in [0.25, 0.3) is 0 Å². The van der Waals surface area contributed by atoms with Gasteiger partial charge in [-0.1, -0.05) is 0 Å². The van der Waals surface area contributed by atoms with Crippen LogP contribution in [-0.2, 0) is 9.53 Å². The van der Waals surface area contributed by atoms with Crippen LogP contribution in [0.1, 0.15) is 22.3 Å². The van der Waals surface area contributed by atoms with Gasteiger partial charge in [-0.3, -0.25) is 14.5 Å². The normalized spacial score (nSPS) is 24.3. The molecule has 0 bridgehead atoms. The fraction of sp³-hybridized carbons (Fsp3) is 0.556. The van der Waals surface area contributed by atoms with Gasteiger partial charge < -0.3 is 20.1 Å². The largest absolute Gasteiger partial charge is 0.497 e. The van der Waals surface area contributed by atoms with Gasteiger partial charge in [0.25, 0.3) is 5.91 Å². The van der Waals surface area contributed by atoms with E-state index in [0.717, 1.165) is 11.3 Å². The number of amides is 2. The fourth-order valence-corrected chi connectivity index (χ4v) is 3.66. The number of benzene rings is 1. The van der Waals surface area contributed by atoms with Crippen LogP contribution in [0.15, 0.2) is 18.2 Å². The predicted molar refractivity (Wildman–Crippen MR) is 92.6 cm³/mol. The van der Waals surface area contributed by atoms with E-state index in [-0.39, 0.29) is 11.8 Å². The molecule has 7 nitrogen and oxygen atoms in total. The first-order chi connectivity index (χ1) is 12.0. The first kappa shape index (κ1) is 17.7. The summed E-state index contributed by atoms with van der Waals surface area (Å²) in [5, 5.41) is 0. The number of carbonyl (C=O) groups is 2. The van der Waals surface area contributed by atoms with Crippen molar-refractivity contribution in [1.29, 1.82) is 0 Å². The lowest BCUT2D eigenvalue weighted by atomic mass is 9.94. The van der Waals surface area contributed by atoms with Gasteiger partial charge in [0.2, 0.25) is 5.91 Å². The molecule has 2 heterocycles. The summed E-state index contributed by atoms with van der Waals surface area (Å²) in [6.07, 6.45) is 0.619. The molecule has 0 radical (unpaired) electrons. The molecule has 25 heavy (non-hydrogen) atoms. The summed E-state index contributed by atoms with van der Waals surface area (Å²) in [5.74, 6) is 0.412. The van der Waals surface area contributed by atoms with E-state index in [9.17, 15) is 9.59 Å². The molecule has 2 saturated heterocycles. The third kappa shape index (κ3) is 3.21. The molecule has 136 valence electrons. The summed E-state index contributed by atoms with van der Waals surface area (Å²) >= 11 is 0. The highest BCUT2D eigenvalue weighted by Crippen LogP contribution is 2.28. The van der Waals surface area contributed by atoms with Gasteiger partial charge in [-0.2, -0.15) is 0 Å². The molecule has 0 aromatic heterocycles. The van der Waals surface area contributed by atoms with Crippen molar-refractivity contribution in [3.63, 3.8) is 0 Å². The van der Waals surface area contributed by atoms with Gasteiger partial charge in [0.05, 0.1) is 13.7 Å². The number of rotatable bonds is 4. The molecule has 0 spiro atoms. The predicted octanol–water partition coefficient (Wildman–Crippen LogP) is 0.406. The summed E-state index contributed by atoms with van der Waals surface area (Å²) in [6.45, 7) is 5.17. The third-order valence-corrected chi connectivity index (χ3v) is 5.30. The smallest absolute Gasteiger partial charge is 0.254 e. The van der Waals surface area contributed by atoms with Gasteiger partial charge in [0.1, 0.15) is 11.3 Å². The first-order valence-corrected chi connectivity index (χ1v) is 8.54. The van der Waals surface area contributed by atoms with Gasteiger partial charge in [-0.15, -0.1) is 0 Å². The van der Waals surface area contributed by atoms with Crippen LogP contribution < -0.4 is 10.5 Å². The second-order valence-electron chi connectivity index (χ2n) is 6.66. The maximum absolute atomic E-state index is 12.8. The molecule has 2 aliphatic rings. The first-order valence-electron chi connectivity index (χ1n) is 8.54. The molecule has 1 atom stereocenters. The van der Waals surface area contributed by atoms with E-state index >= 15 is 0 Å². The average molecular weight is 347 g/mol. The van der Waals surface area contributed by atoms with Crippen LogP contribution in [0.5, 0.6) is 5.75 Å². The fourth-order valence-electron chi connectivity index (χ4n) is 3.66. The minimum atomic E-state index is -0.717. The number of methoxy groups -OCH3 is 1. The zero-order chi connectivity index (χ0) is 18.0. The number of hydrogen-bond donors (Lipinski definition) is 1. The van der Waals surface area contributed by atoms with Crippen molar-refractivity contribution in [1.82, 2.24) is 9.80 Å². The van der Waals surface area contributed by atoms with Crippen LogP contribution in [0.4, 0.5) is 0 Å². The van der Waals surface area contributed by atoms with E-state index in [1.54, 1.807) is 19.2 Å². The molecule has 1 aromatic carbocycles. The van der Waals surface area contributed by atoms with Gasteiger partial charge in [0.15, 0.2) is 0 Å². The number of aryl methyl sites for hydroxylation is 1. The zero-order valence-electron chi connectivity index (χ0n) is 14.8. The molecular weight excluding hydrogens is 322 g/mol. The number of piperazine rings is 1. The minimum absolute atomic E-state index is 0.00981. The molecule has 0 saturated carbocycles. The van der Waals surface area contributed by atoms with Crippen molar-refractivity contribution in [2.24, 2.45) is 5.73 Å². The van der Waals surface area contributed by atoms with Crippen molar-refractivity contribution >= 4 is 11.8 Å². The summed E-state index contributed by atoms with van der Waals surface area (Å²) in [5.41, 5.74) is 6.50. The average Bonchev–Trinajstić information content (AvgIpc) is 3.12. The Balaban J connectivity index is 1.68. The number of hydrogen-bond acceptors (Lipinski definition) is 5. The lowest BCUT2D eigenvalue weighted by Gasteiger charge is -2.43. The van der Waals surface area contributed by atoms with Gasteiger partial charge >= 0.3 is 0 Å². The van der Waals surface area contributed by atoms with Crippen LogP contribution in [0, 0.1) is 6.92 Å². The molecule has 2 fully saturated rings. The molecule has 1 unspecified atom stereocenters. The minimum Gasteiger partial charge on any atom is -0.497 e. The second kappa shape index (κ2) is 7.01. The Kier molecular flexibility index (Phi) is 4.96. The SMILES string of the molecule is COc1ccc(C(=O)N2CCN(C3(C(N)=O)CCOC3)CC2)c(C)c1. The maximum atomic E-state index is 12.8. The molecular formula is C18H25N3O4. The number of primary amides is 1. The Labute approximate surface area is 147 Å². The number of nitrogens with two attached hydrogens (primary N) is 1. The Hall–Kier alpha value is -2.12.